The first-order valence-corrected chi connectivity index (χ1v) is 11.5. The molecule has 0 amide bonds. The summed E-state index contributed by atoms with van der Waals surface area (Å²) in [7, 11) is 0. The lowest BCUT2D eigenvalue weighted by molar-refractivity contribution is 0.205. The summed E-state index contributed by atoms with van der Waals surface area (Å²) in [6.45, 7) is 8.40. The number of fused-ring (bicyclic) bond motifs is 2. The molecule has 1 saturated heterocycles. The number of benzene rings is 3. The molecule has 5 rings (SSSR count). The molecule has 1 heterocycles. The summed E-state index contributed by atoms with van der Waals surface area (Å²) in [4.78, 5) is 0. The number of allylic oxidation sites excluding steroid dienone is 1. The summed E-state index contributed by atoms with van der Waals surface area (Å²) < 4.78 is 16.9. The highest BCUT2D eigenvalue weighted by molar-refractivity contribution is 5.88. The first kappa shape index (κ1) is 21.5. The molecule has 1 unspecified atom stereocenters. The van der Waals surface area contributed by atoms with E-state index in [9.17, 15) is 0 Å². The van der Waals surface area contributed by atoms with E-state index in [1.165, 1.54) is 33.0 Å². The average Bonchev–Trinajstić information content (AvgIpc) is 3.66. The minimum Gasteiger partial charge on any atom is -0.498 e. The average molecular weight is 417 g/mol. The van der Waals surface area contributed by atoms with E-state index in [1.807, 2.05) is 19.9 Å². The third kappa shape index (κ3) is 5.29. The Morgan fingerprint density at radius 1 is 0.871 bits per heavy atom. The van der Waals surface area contributed by atoms with Crippen molar-refractivity contribution in [1.29, 1.82) is 0 Å². The van der Waals surface area contributed by atoms with Crippen LogP contribution in [-0.2, 0) is 15.9 Å². The van der Waals surface area contributed by atoms with Crippen molar-refractivity contribution in [2.24, 2.45) is 0 Å². The van der Waals surface area contributed by atoms with Gasteiger partial charge in [-0.05, 0) is 70.1 Å². The summed E-state index contributed by atoms with van der Waals surface area (Å²) >= 11 is 0. The fraction of sp³-hybridized carbons (Fsp3) is 0.357. The van der Waals surface area contributed by atoms with E-state index in [2.05, 4.69) is 61.5 Å². The van der Waals surface area contributed by atoms with Crippen LogP contribution in [0.1, 0.15) is 44.7 Å². The summed E-state index contributed by atoms with van der Waals surface area (Å²) in [5.41, 5.74) is 5.20. The van der Waals surface area contributed by atoms with Crippen LogP contribution in [0.3, 0.4) is 0 Å². The zero-order valence-electron chi connectivity index (χ0n) is 18.8. The lowest BCUT2D eigenvalue weighted by Crippen LogP contribution is -2.03. The molecule has 162 valence electrons. The van der Waals surface area contributed by atoms with E-state index in [1.54, 1.807) is 0 Å². The fourth-order valence-corrected chi connectivity index (χ4v) is 3.84. The highest BCUT2D eigenvalue weighted by Crippen LogP contribution is 2.32. The van der Waals surface area contributed by atoms with Gasteiger partial charge in [0.1, 0.15) is 18.5 Å². The van der Waals surface area contributed by atoms with Gasteiger partial charge in [0, 0.05) is 6.42 Å². The number of aryl methyl sites for hydroxylation is 1. The summed E-state index contributed by atoms with van der Waals surface area (Å²) in [5, 5.41) is 2.42. The zero-order chi connectivity index (χ0) is 21.6. The Kier molecular flexibility index (Phi) is 6.93. The minimum atomic E-state index is 0.279. The standard InChI is InChI=1S/C26H26O3.C2H6/c1-2-11-27-24-9-7-20-12-18(3-5-22(20)14-24)19-4-6-23-15-25(10-8-21(23)13-19)28-16-26-17-29-26;1-2/h3-6,8,10,12-15,26H,2,7,9,11,16-17H2,1H3;1-2H3. The lowest BCUT2D eigenvalue weighted by atomic mass is 9.92. The molecule has 3 aromatic rings. The van der Waals surface area contributed by atoms with Gasteiger partial charge in [-0.25, -0.2) is 0 Å². The molecule has 1 atom stereocenters. The Morgan fingerprint density at radius 2 is 1.61 bits per heavy atom. The minimum absolute atomic E-state index is 0.279. The van der Waals surface area contributed by atoms with Crippen molar-refractivity contribution in [1.82, 2.24) is 0 Å². The molecule has 0 saturated carbocycles. The Hall–Kier alpha value is -2.78. The second-order valence-electron chi connectivity index (χ2n) is 7.86. The number of ether oxygens (including phenoxy) is 3. The van der Waals surface area contributed by atoms with Crippen LogP contribution in [0.15, 0.2) is 60.4 Å². The Balaban J connectivity index is 0.00000112. The van der Waals surface area contributed by atoms with Crippen molar-refractivity contribution in [2.45, 2.75) is 46.1 Å². The maximum absolute atomic E-state index is 5.84. The van der Waals surface area contributed by atoms with E-state index >= 15 is 0 Å². The third-order valence-corrected chi connectivity index (χ3v) is 5.58. The molecule has 0 spiro atoms. The Morgan fingerprint density at radius 3 is 2.42 bits per heavy atom. The summed E-state index contributed by atoms with van der Waals surface area (Å²) in [6, 6.07) is 19.7. The SMILES string of the molecule is CC.CCCOC1=Cc2ccc(-c3ccc4cc(OCC5CO5)ccc4c3)cc2CC1. The third-order valence-electron chi connectivity index (χ3n) is 5.58. The molecule has 1 fully saturated rings. The van der Waals surface area contributed by atoms with Crippen LogP contribution < -0.4 is 4.74 Å². The van der Waals surface area contributed by atoms with Crippen molar-refractivity contribution >= 4 is 16.8 Å². The van der Waals surface area contributed by atoms with Gasteiger partial charge in [-0.1, -0.05) is 57.2 Å². The zero-order valence-corrected chi connectivity index (χ0v) is 18.8. The monoisotopic (exact) mass is 416 g/mol. The van der Waals surface area contributed by atoms with Crippen LogP contribution in [0.4, 0.5) is 0 Å². The highest BCUT2D eigenvalue weighted by atomic mass is 16.6. The van der Waals surface area contributed by atoms with Crippen LogP contribution in [-0.4, -0.2) is 25.9 Å². The van der Waals surface area contributed by atoms with Crippen molar-refractivity contribution in [3.8, 4) is 16.9 Å². The smallest absolute Gasteiger partial charge is 0.120 e. The number of epoxide rings is 1. The van der Waals surface area contributed by atoms with Crippen LogP contribution in [0.5, 0.6) is 5.75 Å². The Labute approximate surface area is 185 Å². The topological polar surface area (TPSA) is 31.0 Å². The van der Waals surface area contributed by atoms with Gasteiger partial charge in [0.2, 0.25) is 0 Å². The van der Waals surface area contributed by atoms with Gasteiger partial charge in [0.15, 0.2) is 0 Å². The summed E-state index contributed by atoms with van der Waals surface area (Å²) in [6.07, 6.45) is 5.56. The molecule has 0 radical (unpaired) electrons. The number of hydrogen-bond donors (Lipinski definition) is 0. The highest BCUT2D eigenvalue weighted by Gasteiger charge is 2.23. The van der Waals surface area contributed by atoms with E-state index in [-0.39, 0.29) is 6.10 Å². The van der Waals surface area contributed by atoms with E-state index in [0.29, 0.717) is 6.61 Å². The molecular weight excluding hydrogens is 384 g/mol. The largest absolute Gasteiger partial charge is 0.498 e. The molecule has 2 aliphatic rings. The first-order valence-electron chi connectivity index (χ1n) is 11.5. The van der Waals surface area contributed by atoms with Crippen molar-refractivity contribution in [3.63, 3.8) is 0 Å². The molecule has 0 N–H and O–H groups in total. The number of rotatable bonds is 7. The van der Waals surface area contributed by atoms with E-state index in [0.717, 1.165) is 44.0 Å². The normalized spacial score (nSPS) is 16.6. The molecule has 1 aliphatic heterocycles. The van der Waals surface area contributed by atoms with Gasteiger partial charge < -0.3 is 14.2 Å². The van der Waals surface area contributed by atoms with Crippen LogP contribution in [0, 0.1) is 0 Å². The van der Waals surface area contributed by atoms with Gasteiger partial charge in [-0.3, -0.25) is 0 Å². The molecule has 31 heavy (non-hydrogen) atoms. The van der Waals surface area contributed by atoms with Gasteiger partial charge in [0.25, 0.3) is 0 Å². The maximum Gasteiger partial charge on any atom is 0.120 e. The predicted octanol–water partition coefficient (Wildman–Crippen LogP) is 7.02. The molecule has 0 aromatic heterocycles. The maximum atomic E-state index is 5.84. The molecule has 1 aliphatic carbocycles. The second kappa shape index (κ2) is 10.0. The van der Waals surface area contributed by atoms with Crippen LogP contribution in [0.2, 0.25) is 0 Å². The lowest BCUT2D eigenvalue weighted by Gasteiger charge is -2.18. The quantitative estimate of drug-likeness (QED) is 0.388. The molecule has 3 nitrogen and oxygen atoms in total. The Bertz CT molecular complexity index is 1060. The molecule has 3 aromatic carbocycles. The molecule has 3 heteroatoms. The van der Waals surface area contributed by atoms with Gasteiger partial charge in [0.05, 0.1) is 19.0 Å². The van der Waals surface area contributed by atoms with Crippen molar-refractivity contribution in [2.75, 3.05) is 19.8 Å². The van der Waals surface area contributed by atoms with Gasteiger partial charge in [-0.2, -0.15) is 0 Å². The van der Waals surface area contributed by atoms with Crippen LogP contribution >= 0.6 is 0 Å². The van der Waals surface area contributed by atoms with E-state index in [4.69, 9.17) is 14.2 Å². The fourth-order valence-electron chi connectivity index (χ4n) is 3.84. The van der Waals surface area contributed by atoms with Gasteiger partial charge in [-0.15, -0.1) is 0 Å². The summed E-state index contributed by atoms with van der Waals surface area (Å²) in [5.74, 6) is 2.02. The first-order chi connectivity index (χ1) is 15.3. The van der Waals surface area contributed by atoms with Crippen molar-refractivity contribution < 1.29 is 14.2 Å². The van der Waals surface area contributed by atoms with Crippen molar-refractivity contribution in [3.05, 3.63) is 71.5 Å². The van der Waals surface area contributed by atoms with Crippen LogP contribution in [0.25, 0.3) is 28.0 Å². The number of hydrogen-bond acceptors (Lipinski definition) is 3. The molecule has 0 bridgehead atoms. The molecular formula is C28H32O3. The predicted molar refractivity (Wildman–Crippen MR) is 129 cm³/mol. The second-order valence-corrected chi connectivity index (χ2v) is 7.86. The van der Waals surface area contributed by atoms with Gasteiger partial charge >= 0.3 is 0 Å². The van der Waals surface area contributed by atoms with E-state index < -0.39 is 0 Å².